The van der Waals surface area contributed by atoms with Crippen LogP contribution in [0.3, 0.4) is 0 Å². The van der Waals surface area contributed by atoms with Gasteiger partial charge in [0.05, 0.1) is 11.8 Å². The van der Waals surface area contributed by atoms with E-state index in [4.69, 9.17) is 0 Å². The van der Waals surface area contributed by atoms with Gasteiger partial charge in [0.2, 0.25) is 0 Å². The van der Waals surface area contributed by atoms with Gasteiger partial charge in [0, 0.05) is 12.6 Å². The van der Waals surface area contributed by atoms with Gasteiger partial charge in [-0.2, -0.15) is 0 Å². The molecule has 2 aromatic rings. The van der Waals surface area contributed by atoms with Crippen LogP contribution in [0.2, 0.25) is 0 Å². The van der Waals surface area contributed by atoms with Crippen molar-refractivity contribution >= 4 is 0 Å². The maximum absolute atomic E-state index is 9.88. The van der Waals surface area contributed by atoms with Crippen molar-refractivity contribution in [3.8, 4) is 5.69 Å². The number of aliphatic hydroxyl groups is 1. The molecule has 1 aliphatic carbocycles. The van der Waals surface area contributed by atoms with Crippen LogP contribution in [0.25, 0.3) is 5.69 Å². The lowest BCUT2D eigenvalue weighted by Crippen LogP contribution is -2.29. The summed E-state index contributed by atoms with van der Waals surface area (Å²) in [5, 5.41) is 24.6. The molecule has 6 heteroatoms. The highest BCUT2D eigenvalue weighted by Crippen LogP contribution is 2.25. The van der Waals surface area contributed by atoms with Crippen molar-refractivity contribution in [3.05, 3.63) is 36.2 Å². The van der Waals surface area contributed by atoms with Crippen LogP contribution in [0.5, 0.6) is 0 Å². The average Bonchev–Trinajstić information content (AvgIpc) is 3.16. The minimum absolute atomic E-state index is 0.141. The summed E-state index contributed by atoms with van der Waals surface area (Å²) in [5.41, 5.74) is 2.14. The Labute approximate surface area is 124 Å². The molecule has 1 heterocycles. The zero-order valence-electron chi connectivity index (χ0n) is 12.2. The molecule has 0 aliphatic heterocycles. The molecule has 0 amide bonds. The Morgan fingerprint density at radius 1 is 1.43 bits per heavy atom. The maximum Gasteiger partial charge on any atom is 0.143 e. The zero-order chi connectivity index (χ0) is 14.7. The van der Waals surface area contributed by atoms with Crippen molar-refractivity contribution in [2.24, 2.45) is 5.92 Å². The van der Waals surface area contributed by atoms with Crippen molar-refractivity contribution in [2.75, 3.05) is 6.54 Å². The van der Waals surface area contributed by atoms with Gasteiger partial charge in [0.1, 0.15) is 6.33 Å². The first-order valence-electron chi connectivity index (χ1n) is 7.49. The molecule has 3 rings (SSSR count). The summed E-state index contributed by atoms with van der Waals surface area (Å²) >= 11 is 0. The fourth-order valence-electron chi connectivity index (χ4n) is 2.92. The molecule has 1 saturated carbocycles. The average molecular weight is 287 g/mol. The summed E-state index contributed by atoms with van der Waals surface area (Å²) in [4.78, 5) is 0. The van der Waals surface area contributed by atoms with Crippen LogP contribution in [0.15, 0.2) is 30.6 Å². The molecule has 0 saturated heterocycles. The monoisotopic (exact) mass is 287 g/mol. The minimum atomic E-state index is -0.141. The molecule has 112 valence electrons. The maximum atomic E-state index is 9.88. The number of aromatic nitrogens is 4. The predicted octanol–water partition coefficient (Wildman–Crippen LogP) is 1.47. The number of tetrazole rings is 1. The molecule has 21 heavy (non-hydrogen) atoms. The summed E-state index contributed by atoms with van der Waals surface area (Å²) in [6.45, 7) is 3.00. The Kier molecular flexibility index (Phi) is 4.26. The van der Waals surface area contributed by atoms with E-state index < -0.39 is 0 Å². The van der Waals surface area contributed by atoms with E-state index in [9.17, 15) is 5.11 Å². The van der Waals surface area contributed by atoms with Crippen molar-refractivity contribution in [1.29, 1.82) is 0 Å². The van der Waals surface area contributed by atoms with Crippen LogP contribution in [0.1, 0.15) is 37.8 Å². The highest BCUT2D eigenvalue weighted by molar-refractivity contribution is 5.35. The van der Waals surface area contributed by atoms with Gasteiger partial charge < -0.3 is 10.4 Å². The lowest BCUT2D eigenvalue weighted by atomic mass is 10.0. The Bertz CT molecular complexity index is 571. The third-order valence-electron chi connectivity index (χ3n) is 4.29. The second-order valence-corrected chi connectivity index (χ2v) is 5.74. The first kappa shape index (κ1) is 14.2. The number of hydrogen-bond donors (Lipinski definition) is 2. The van der Waals surface area contributed by atoms with Crippen LogP contribution in [-0.2, 0) is 0 Å². The number of nitrogens with zero attached hydrogens (tertiary/aromatic N) is 4. The second kappa shape index (κ2) is 6.32. The van der Waals surface area contributed by atoms with Crippen molar-refractivity contribution in [3.63, 3.8) is 0 Å². The number of rotatable bonds is 5. The molecule has 0 bridgehead atoms. The standard InChI is InChI=1S/C15H21N5O/c1-11(16-9-13-5-3-7-15(13)21)12-4-2-6-14(8-12)20-10-17-18-19-20/h2,4,6,8,10-11,13,15-16,21H,3,5,7,9H2,1H3. The minimum Gasteiger partial charge on any atom is -0.393 e. The van der Waals surface area contributed by atoms with E-state index in [1.165, 1.54) is 5.56 Å². The van der Waals surface area contributed by atoms with Crippen LogP contribution in [0, 0.1) is 5.92 Å². The number of hydrogen-bond acceptors (Lipinski definition) is 5. The van der Waals surface area contributed by atoms with E-state index in [1.807, 2.05) is 12.1 Å². The van der Waals surface area contributed by atoms with E-state index >= 15 is 0 Å². The van der Waals surface area contributed by atoms with Crippen LogP contribution in [-0.4, -0.2) is 38.0 Å². The predicted molar refractivity (Wildman–Crippen MR) is 78.9 cm³/mol. The molecule has 1 aliphatic rings. The Hall–Kier alpha value is -1.79. The smallest absolute Gasteiger partial charge is 0.143 e. The molecular formula is C15H21N5O. The molecule has 1 aromatic heterocycles. The Morgan fingerprint density at radius 2 is 2.33 bits per heavy atom. The number of aliphatic hydroxyl groups excluding tert-OH is 1. The van der Waals surface area contributed by atoms with Crippen LogP contribution in [0.4, 0.5) is 0 Å². The lowest BCUT2D eigenvalue weighted by Gasteiger charge is -2.20. The molecule has 1 fully saturated rings. The zero-order valence-corrected chi connectivity index (χ0v) is 12.2. The Balaban J connectivity index is 1.64. The third-order valence-corrected chi connectivity index (χ3v) is 4.29. The van der Waals surface area contributed by atoms with E-state index in [-0.39, 0.29) is 12.1 Å². The van der Waals surface area contributed by atoms with Gasteiger partial charge in [-0.25, -0.2) is 4.68 Å². The molecule has 1 aromatic carbocycles. The van der Waals surface area contributed by atoms with E-state index in [0.717, 1.165) is 31.5 Å². The number of nitrogens with one attached hydrogen (secondary N) is 1. The van der Waals surface area contributed by atoms with Gasteiger partial charge in [-0.15, -0.1) is 5.10 Å². The summed E-state index contributed by atoms with van der Waals surface area (Å²) in [6, 6.07) is 8.40. The first-order valence-corrected chi connectivity index (χ1v) is 7.49. The molecular weight excluding hydrogens is 266 g/mol. The Morgan fingerprint density at radius 3 is 3.05 bits per heavy atom. The molecule has 0 radical (unpaired) electrons. The van der Waals surface area contributed by atoms with Gasteiger partial charge >= 0.3 is 0 Å². The topological polar surface area (TPSA) is 75.9 Å². The van der Waals surface area contributed by atoms with Gasteiger partial charge in [0.15, 0.2) is 0 Å². The quantitative estimate of drug-likeness (QED) is 0.871. The molecule has 3 unspecified atom stereocenters. The fraction of sp³-hybridized carbons (Fsp3) is 0.533. The SMILES string of the molecule is CC(NCC1CCCC1O)c1cccc(-n2cnnn2)c1. The van der Waals surface area contributed by atoms with E-state index in [1.54, 1.807) is 11.0 Å². The summed E-state index contributed by atoms with van der Waals surface area (Å²) in [7, 11) is 0. The summed E-state index contributed by atoms with van der Waals surface area (Å²) < 4.78 is 1.65. The van der Waals surface area contributed by atoms with Crippen LogP contribution >= 0.6 is 0 Å². The third kappa shape index (κ3) is 3.28. The van der Waals surface area contributed by atoms with Gasteiger partial charge in [-0.3, -0.25) is 0 Å². The molecule has 6 nitrogen and oxygen atoms in total. The van der Waals surface area contributed by atoms with Gasteiger partial charge in [-0.1, -0.05) is 18.6 Å². The summed E-state index contributed by atoms with van der Waals surface area (Å²) in [5.74, 6) is 0.384. The second-order valence-electron chi connectivity index (χ2n) is 5.74. The molecule has 0 spiro atoms. The summed E-state index contributed by atoms with van der Waals surface area (Å²) in [6.07, 6.45) is 4.64. The molecule has 2 N–H and O–H groups in total. The fourth-order valence-corrected chi connectivity index (χ4v) is 2.92. The van der Waals surface area contributed by atoms with Gasteiger partial charge in [-0.05, 0) is 53.8 Å². The highest BCUT2D eigenvalue weighted by Gasteiger charge is 2.25. The normalized spacial score (nSPS) is 23.3. The van der Waals surface area contributed by atoms with E-state index in [0.29, 0.717) is 5.92 Å². The van der Waals surface area contributed by atoms with Crippen LogP contribution < -0.4 is 5.32 Å². The van der Waals surface area contributed by atoms with Crippen molar-refractivity contribution in [1.82, 2.24) is 25.5 Å². The van der Waals surface area contributed by atoms with Crippen molar-refractivity contribution < 1.29 is 5.11 Å². The first-order chi connectivity index (χ1) is 10.2. The lowest BCUT2D eigenvalue weighted by molar-refractivity contribution is 0.130. The van der Waals surface area contributed by atoms with Gasteiger partial charge in [0.25, 0.3) is 0 Å². The highest BCUT2D eigenvalue weighted by atomic mass is 16.3. The van der Waals surface area contributed by atoms with E-state index in [2.05, 4.69) is 39.9 Å². The number of benzene rings is 1. The van der Waals surface area contributed by atoms with Crippen molar-refractivity contribution in [2.45, 2.75) is 38.3 Å². The molecule has 3 atom stereocenters. The largest absolute Gasteiger partial charge is 0.393 e.